The van der Waals surface area contributed by atoms with Gasteiger partial charge in [-0.25, -0.2) is 8.42 Å². The summed E-state index contributed by atoms with van der Waals surface area (Å²) in [7, 11) is -2.00. The first-order valence-electron chi connectivity index (χ1n) is 9.17. The zero-order valence-corrected chi connectivity index (χ0v) is 18.0. The van der Waals surface area contributed by atoms with Gasteiger partial charge in [0.1, 0.15) is 11.8 Å². The quantitative estimate of drug-likeness (QED) is 0.504. The summed E-state index contributed by atoms with van der Waals surface area (Å²) in [5, 5.41) is 3.87. The Morgan fingerprint density at radius 1 is 1.20 bits per heavy atom. The topological polar surface area (TPSA) is 99.3 Å². The fraction of sp³-hybridized carbons (Fsp3) is 0.200. The summed E-state index contributed by atoms with van der Waals surface area (Å²) in [5.41, 5.74) is 2.86. The van der Waals surface area contributed by atoms with Crippen molar-refractivity contribution in [2.45, 2.75) is 12.1 Å². The van der Waals surface area contributed by atoms with E-state index in [2.05, 4.69) is 20.0 Å². The van der Waals surface area contributed by atoms with Gasteiger partial charge in [0, 0.05) is 23.8 Å². The van der Waals surface area contributed by atoms with Crippen molar-refractivity contribution in [1.29, 1.82) is 0 Å². The lowest BCUT2D eigenvalue weighted by Gasteiger charge is -2.27. The normalized spacial score (nSPS) is 18.9. The van der Waals surface area contributed by atoms with Gasteiger partial charge < -0.3 is 19.9 Å². The molecular weight excluding hydrogens is 422 g/mol. The molecule has 0 bridgehead atoms. The van der Waals surface area contributed by atoms with E-state index >= 15 is 0 Å². The van der Waals surface area contributed by atoms with Gasteiger partial charge in [-0.2, -0.15) is 0 Å². The molecule has 1 fully saturated rings. The molecule has 10 heteroatoms. The zero-order valence-electron chi connectivity index (χ0n) is 16.4. The third-order valence-electron chi connectivity index (χ3n) is 4.80. The number of sulfonamides is 1. The van der Waals surface area contributed by atoms with Crippen molar-refractivity contribution in [3.05, 3.63) is 72.3 Å². The number of pyridine rings is 1. The van der Waals surface area contributed by atoms with E-state index in [9.17, 15) is 8.42 Å². The van der Waals surface area contributed by atoms with Crippen LogP contribution in [-0.2, 0) is 10.0 Å². The van der Waals surface area contributed by atoms with Gasteiger partial charge in [-0.1, -0.05) is 6.07 Å². The fourth-order valence-electron chi connectivity index (χ4n) is 3.60. The van der Waals surface area contributed by atoms with Gasteiger partial charge in [0.05, 0.1) is 30.8 Å². The highest BCUT2D eigenvalue weighted by atomic mass is 32.2. The standard InChI is InChI=1S/C20H21N5O3S2/c1-28-17-9-8-13(12-16(17)24-30(2,26)27)25-19(15-7-5-11-22-15)18(23-20(25)29)14-6-3-4-10-21-14/h3-12,18-19,22,24H,1-2H3,(H,23,29)/t18-,19-/m1/s1. The number of anilines is 2. The van der Waals surface area contributed by atoms with Gasteiger partial charge >= 0.3 is 0 Å². The lowest BCUT2D eigenvalue weighted by molar-refractivity contribution is 0.417. The highest BCUT2D eigenvalue weighted by Crippen LogP contribution is 2.42. The molecular formula is C20H21N5O3S2. The molecule has 0 saturated carbocycles. The molecule has 2 atom stereocenters. The summed E-state index contributed by atoms with van der Waals surface area (Å²) in [5.74, 6) is 0.417. The number of thiocarbonyl (C=S) groups is 1. The molecule has 0 aliphatic carbocycles. The molecule has 1 aromatic carbocycles. The molecule has 30 heavy (non-hydrogen) atoms. The Labute approximate surface area is 180 Å². The monoisotopic (exact) mass is 443 g/mol. The molecule has 0 spiro atoms. The maximum absolute atomic E-state index is 11.8. The van der Waals surface area contributed by atoms with Crippen molar-refractivity contribution in [2.24, 2.45) is 0 Å². The maximum atomic E-state index is 11.8. The number of hydrogen-bond donors (Lipinski definition) is 3. The Morgan fingerprint density at radius 3 is 2.67 bits per heavy atom. The van der Waals surface area contributed by atoms with E-state index in [1.165, 1.54) is 7.11 Å². The van der Waals surface area contributed by atoms with Gasteiger partial charge in [-0.05, 0) is 54.7 Å². The molecule has 3 heterocycles. The minimum absolute atomic E-state index is 0.189. The van der Waals surface area contributed by atoms with Crippen LogP contribution in [0.3, 0.4) is 0 Å². The first kappa shape index (κ1) is 20.2. The molecule has 8 nitrogen and oxygen atoms in total. The fourth-order valence-corrected chi connectivity index (χ4v) is 4.51. The predicted molar refractivity (Wildman–Crippen MR) is 120 cm³/mol. The number of rotatable bonds is 6. The van der Waals surface area contributed by atoms with Crippen molar-refractivity contribution >= 4 is 38.7 Å². The van der Waals surface area contributed by atoms with Gasteiger partial charge in [0.25, 0.3) is 0 Å². The molecule has 2 aromatic heterocycles. The van der Waals surface area contributed by atoms with Crippen LogP contribution in [0.1, 0.15) is 23.5 Å². The van der Waals surface area contributed by atoms with Crippen molar-refractivity contribution in [3.8, 4) is 5.75 Å². The van der Waals surface area contributed by atoms with Crippen LogP contribution in [0.2, 0.25) is 0 Å². The number of benzene rings is 1. The minimum atomic E-state index is -3.49. The smallest absolute Gasteiger partial charge is 0.229 e. The van der Waals surface area contributed by atoms with Crippen molar-refractivity contribution in [1.82, 2.24) is 15.3 Å². The van der Waals surface area contributed by atoms with Crippen LogP contribution in [0.5, 0.6) is 5.75 Å². The second kappa shape index (κ2) is 7.96. The van der Waals surface area contributed by atoms with Gasteiger partial charge in [0.15, 0.2) is 5.11 Å². The molecule has 0 unspecified atom stereocenters. The van der Waals surface area contributed by atoms with Gasteiger partial charge in [-0.3, -0.25) is 9.71 Å². The molecule has 1 aliphatic rings. The summed E-state index contributed by atoms with van der Waals surface area (Å²) in [6, 6.07) is 14.5. The number of nitrogens with zero attached hydrogens (tertiary/aromatic N) is 2. The number of methoxy groups -OCH3 is 1. The molecule has 4 rings (SSSR count). The Morgan fingerprint density at radius 2 is 2.03 bits per heavy atom. The molecule has 3 N–H and O–H groups in total. The first-order chi connectivity index (χ1) is 14.4. The van der Waals surface area contributed by atoms with Crippen LogP contribution in [0.25, 0.3) is 0 Å². The SMILES string of the molecule is COc1ccc(N2C(=S)N[C@H](c3ccccn3)[C@H]2c2ccc[nH]2)cc1NS(C)(=O)=O. The van der Waals surface area contributed by atoms with Gasteiger partial charge in [-0.15, -0.1) is 0 Å². The highest BCUT2D eigenvalue weighted by molar-refractivity contribution is 7.92. The molecule has 156 valence electrons. The van der Waals surface area contributed by atoms with Crippen molar-refractivity contribution < 1.29 is 13.2 Å². The largest absolute Gasteiger partial charge is 0.495 e. The lowest BCUT2D eigenvalue weighted by atomic mass is 10.0. The summed E-state index contributed by atoms with van der Waals surface area (Å²) in [6.45, 7) is 0. The molecule has 3 aromatic rings. The minimum Gasteiger partial charge on any atom is -0.495 e. The van der Waals surface area contributed by atoms with Crippen molar-refractivity contribution in [3.63, 3.8) is 0 Å². The number of H-pyrrole nitrogens is 1. The van der Waals surface area contributed by atoms with E-state index in [-0.39, 0.29) is 12.1 Å². The summed E-state index contributed by atoms with van der Waals surface area (Å²) in [6.07, 6.45) is 4.70. The Bertz CT molecular complexity index is 1150. The maximum Gasteiger partial charge on any atom is 0.229 e. The van der Waals surface area contributed by atoms with E-state index in [0.29, 0.717) is 16.5 Å². The summed E-state index contributed by atoms with van der Waals surface area (Å²) in [4.78, 5) is 9.72. The first-order valence-corrected chi connectivity index (χ1v) is 11.5. The number of nitrogens with one attached hydrogen (secondary N) is 3. The zero-order chi connectivity index (χ0) is 21.3. The van der Waals surface area contributed by atoms with Crippen LogP contribution in [0, 0.1) is 0 Å². The average Bonchev–Trinajstić information content (AvgIpc) is 3.35. The molecule has 1 aliphatic heterocycles. The Hall–Kier alpha value is -3.11. The van der Waals surface area contributed by atoms with E-state index in [4.69, 9.17) is 17.0 Å². The van der Waals surface area contributed by atoms with Crippen LogP contribution < -0.4 is 19.7 Å². The van der Waals surface area contributed by atoms with Crippen LogP contribution >= 0.6 is 12.2 Å². The molecule has 0 radical (unpaired) electrons. The number of ether oxygens (including phenoxy) is 1. The second-order valence-electron chi connectivity index (χ2n) is 6.88. The summed E-state index contributed by atoms with van der Waals surface area (Å²) < 4.78 is 31.5. The number of aromatic nitrogens is 2. The number of aromatic amines is 1. The Kier molecular flexibility index (Phi) is 5.35. The number of hydrogen-bond acceptors (Lipinski definition) is 5. The van der Waals surface area contributed by atoms with E-state index in [1.54, 1.807) is 18.3 Å². The second-order valence-corrected chi connectivity index (χ2v) is 9.02. The lowest BCUT2D eigenvalue weighted by Crippen LogP contribution is -2.29. The summed E-state index contributed by atoms with van der Waals surface area (Å²) >= 11 is 5.67. The third kappa shape index (κ3) is 3.96. The van der Waals surface area contributed by atoms with Crippen LogP contribution in [-0.4, -0.2) is 36.9 Å². The van der Waals surface area contributed by atoms with Crippen molar-refractivity contribution in [2.75, 3.05) is 23.0 Å². The third-order valence-corrected chi connectivity index (χ3v) is 5.70. The Balaban J connectivity index is 1.80. The average molecular weight is 444 g/mol. The van der Waals surface area contributed by atoms with E-state index < -0.39 is 10.0 Å². The van der Waals surface area contributed by atoms with E-state index in [0.717, 1.165) is 23.3 Å². The van der Waals surface area contributed by atoms with Gasteiger partial charge in [0.2, 0.25) is 10.0 Å². The molecule has 1 saturated heterocycles. The molecule has 0 amide bonds. The van der Waals surface area contributed by atoms with E-state index in [1.807, 2.05) is 47.5 Å². The van der Waals surface area contributed by atoms with Crippen LogP contribution in [0.4, 0.5) is 11.4 Å². The predicted octanol–water partition coefficient (Wildman–Crippen LogP) is 2.97. The highest BCUT2D eigenvalue weighted by Gasteiger charge is 2.41. The van der Waals surface area contributed by atoms with Crippen LogP contribution in [0.15, 0.2) is 60.9 Å².